The molecule has 7 atom stereocenters. The molecule has 0 spiro atoms. The number of benzene rings is 1. The van der Waals surface area contributed by atoms with Crippen LogP contribution in [0.2, 0.25) is 0 Å². The summed E-state index contributed by atoms with van der Waals surface area (Å²) >= 11 is 0. The van der Waals surface area contributed by atoms with Gasteiger partial charge in [0.15, 0.2) is 12.3 Å². The van der Waals surface area contributed by atoms with Gasteiger partial charge in [-0.1, -0.05) is 18.2 Å². The maximum Gasteiger partial charge on any atom is 0.329 e. The Morgan fingerprint density at radius 2 is 1.69 bits per heavy atom. The summed E-state index contributed by atoms with van der Waals surface area (Å²) < 4.78 is 10.5. The average Bonchev–Trinajstić information content (AvgIpc) is 2.82. The van der Waals surface area contributed by atoms with Crippen molar-refractivity contribution in [2.75, 3.05) is 18.1 Å². The van der Waals surface area contributed by atoms with Crippen molar-refractivity contribution < 1.29 is 49.4 Å². The molecule has 0 saturated carbocycles. The van der Waals surface area contributed by atoms with E-state index < -0.39 is 79.4 Å². The molecule has 13 heteroatoms. The molecule has 1 heterocycles. The number of rotatable bonds is 8. The van der Waals surface area contributed by atoms with E-state index in [0.29, 0.717) is 5.69 Å². The third-order valence-electron chi connectivity index (χ3n) is 5.31. The number of carbonyl (C=O) groups is 3. The lowest BCUT2D eigenvalue weighted by Crippen LogP contribution is -2.64. The summed E-state index contributed by atoms with van der Waals surface area (Å²) in [6.07, 6.45) is -9.47. The highest BCUT2D eigenvalue weighted by molar-refractivity contribution is 6.01. The molecule has 0 aromatic heterocycles. The normalized spacial score (nSPS) is 25.9. The van der Waals surface area contributed by atoms with Crippen molar-refractivity contribution in [2.24, 2.45) is 0 Å². The fourth-order valence-electron chi connectivity index (χ4n) is 3.46. The van der Waals surface area contributed by atoms with Gasteiger partial charge in [0, 0.05) is 5.69 Å². The van der Waals surface area contributed by atoms with Crippen LogP contribution in [-0.4, -0.2) is 105 Å². The summed E-state index contributed by atoms with van der Waals surface area (Å²) in [6, 6.07) is 6.09. The number of anilines is 1. The lowest BCUT2D eigenvalue weighted by Gasteiger charge is -2.40. The number of nitrogens with one attached hydrogen (secondary N) is 2. The number of aliphatic hydroxyl groups is 5. The molecule has 1 unspecified atom stereocenters. The van der Waals surface area contributed by atoms with Crippen LogP contribution in [0.1, 0.15) is 27.7 Å². The minimum Gasteiger partial charge on any atom is -0.458 e. The van der Waals surface area contributed by atoms with Crippen molar-refractivity contribution >= 4 is 23.6 Å². The van der Waals surface area contributed by atoms with Gasteiger partial charge in [-0.3, -0.25) is 9.69 Å². The van der Waals surface area contributed by atoms with Crippen molar-refractivity contribution in [3.63, 3.8) is 0 Å². The molecule has 1 aromatic carbocycles. The van der Waals surface area contributed by atoms with Gasteiger partial charge in [-0.05, 0) is 39.8 Å². The van der Waals surface area contributed by atoms with Crippen LogP contribution in [0, 0.1) is 0 Å². The minimum absolute atomic E-state index is 0.325. The van der Waals surface area contributed by atoms with E-state index in [1.807, 2.05) is 0 Å². The Morgan fingerprint density at radius 1 is 1.08 bits per heavy atom. The van der Waals surface area contributed by atoms with Crippen molar-refractivity contribution in [1.29, 1.82) is 0 Å². The maximum atomic E-state index is 13.1. The van der Waals surface area contributed by atoms with Gasteiger partial charge in [0.25, 0.3) is 5.91 Å². The molecule has 1 aromatic rings. The average molecular weight is 514 g/mol. The summed E-state index contributed by atoms with van der Waals surface area (Å²) in [7, 11) is 0. The van der Waals surface area contributed by atoms with E-state index in [4.69, 9.17) is 9.47 Å². The molecule has 1 aliphatic rings. The van der Waals surface area contributed by atoms with Crippen LogP contribution >= 0.6 is 0 Å². The van der Waals surface area contributed by atoms with Crippen molar-refractivity contribution in [1.82, 2.24) is 10.6 Å². The molecule has 3 amide bonds. The first-order chi connectivity index (χ1) is 16.8. The summed E-state index contributed by atoms with van der Waals surface area (Å²) in [5, 5.41) is 53.8. The number of urea groups is 1. The smallest absolute Gasteiger partial charge is 0.329 e. The largest absolute Gasteiger partial charge is 0.458 e. The number of amides is 3. The molecule has 1 aliphatic heterocycles. The van der Waals surface area contributed by atoms with Gasteiger partial charge >= 0.3 is 12.0 Å². The SMILES string of the molecule is C[C@@H](C(=O)OC(C)(C)C)N(C(=O)[C@@H](O)CNC(=O)NC1O[C@H](CO)[C@@H](O)[C@H](O)[C@H]1O)c1ccccc1. The Kier molecular flexibility index (Phi) is 10.2. The highest BCUT2D eigenvalue weighted by Gasteiger charge is 2.44. The second-order valence-electron chi connectivity index (χ2n) is 9.37. The maximum absolute atomic E-state index is 13.1. The molecule has 2 rings (SSSR count). The van der Waals surface area contributed by atoms with Gasteiger partial charge in [0.05, 0.1) is 13.2 Å². The molecular weight excluding hydrogens is 478 g/mol. The number of para-hydroxylation sites is 1. The first-order valence-electron chi connectivity index (χ1n) is 11.4. The topological polar surface area (TPSA) is 198 Å². The van der Waals surface area contributed by atoms with E-state index >= 15 is 0 Å². The number of ether oxygens (including phenoxy) is 2. The first-order valence-corrected chi connectivity index (χ1v) is 11.4. The number of hydrogen-bond donors (Lipinski definition) is 7. The Hall–Kier alpha value is -2.81. The molecule has 0 aliphatic carbocycles. The molecule has 0 bridgehead atoms. The monoisotopic (exact) mass is 513 g/mol. The fourth-order valence-corrected chi connectivity index (χ4v) is 3.46. The van der Waals surface area contributed by atoms with Gasteiger partial charge in [0.1, 0.15) is 36.1 Å². The van der Waals surface area contributed by atoms with Gasteiger partial charge in [-0.2, -0.15) is 0 Å². The second kappa shape index (κ2) is 12.4. The predicted molar refractivity (Wildman–Crippen MR) is 126 cm³/mol. The van der Waals surface area contributed by atoms with Crippen LogP contribution < -0.4 is 15.5 Å². The van der Waals surface area contributed by atoms with Crippen LogP contribution in [0.4, 0.5) is 10.5 Å². The quantitative estimate of drug-likeness (QED) is 0.195. The van der Waals surface area contributed by atoms with E-state index in [2.05, 4.69) is 10.6 Å². The Balaban J connectivity index is 2.06. The number of esters is 1. The zero-order valence-corrected chi connectivity index (χ0v) is 20.6. The zero-order valence-electron chi connectivity index (χ0n) is 20.6. The van der Waals surface area contributed by atoms with Crippen molar-refractivity contribution in [2.45, 2.75) is 76.1 Å². The Morgan fingerprint density at radius 3 is 2.25 bits per heavy atom. The van der Waals surface area contributed by atoms with E-state index in [-0.39, 0.29) is 0 Å². The molecular formula is C23H35N3O10. The molecule has 36 heavy (non-hydrogen) atoms. The van der Waals surface area contributed by atoms with E-state index in [1.165, 1.54) is 6.92 Å². The van der Waals surface area contributed by atoms with E-state index in [0.717, 1.165) is 4.90 Å². The van der Waals surface area contributed by atoms with Crippen LogP contribution in [0.25, 0.3) is 0 Å². The van der Waals surface area contributed by atoms with Gasteiger partial charge in [-0.25, -0.2) is 9.59 Å². The van der Waals surface area contributed by atoms with Crippen LogP contribution in [0.5, 0.6) is 0 Å². The lowest BCUT2D eigenvalue weighted by atomic mass is 9.98. The number of hydrogen-bond acceptors (Lipinski definition) is 10. The van der Waals surface area contributed by atoms with Gasteiger partial charge in [-0.15, -0.1) is 0 Å². The summed E-state index contributed by atoms with van der Waals surface area (Å²) in [5.74, 6) is -1.58. The standard InChI is InChI=1S/C23H35N3O10/c1-12(21(33)36-23(2,3)4)26(13-8-6-5-7-9-13)20(32)14(28)10-24-22(34)25-19-18(31)17(30)16(29)15(11-27)35-19/h5-9,12,14-19,27-31H,10-11H2,1-4H3,(H2,24,25,34)/t12-,14-,15+,16+,17-,18+,19?/m0/s1. The molecule has 0 radical (unpaired) electrons. The zero-order chi connectivity index (χ0) is 27.2. The molecule has 202 valence electrons. The van der Waals surface area contributed by atoms with Crippen LogP contribution in [0.15, 0.2) is 30.3 Å². The third kappa shape index (κ3) is 7.59. The molecule has 7 N–H and O–H groups in total. The summed E-state index contributed by atoms with van der Waals surface area (Å²) in [4.78, 5) is 39.1. The third-order valence-corrected chi connectivity index (χ3v) is 5.31. The summed E-state index contributed by atoms with van der Waals surface area (Å²) in [6.45, 7) is 5.23. The fraction of sp³-hybridized carbons (Fsp3) is 0.609. The summed E-state index contributed by atoms with van der Waals surface area (Å²) in [5.41, 5.74) is -0.481. The number of carbonyl (C=O) groups excluding carboxylic acids is 3. The lowest BCUT2D eigenvalue weighted by molar-refractivity contribution is -0.233. The van der Waals surface area contributed by atoms with Gasteiger partial charge in [0.2, 0.25) is 0 Å². The molecule has 1 fully saturated rings. The predicted octanol–water partition coefficient (Wildman–Crippen LogP) is -1.79. The van der Waals surface area contributed by atoms with Crippen LogP contribution in [-0.2, 0) is 19.1 Å². The first kappa shape index (κ1) is 29.4. The minimum atomic E-state index is -1.77. The highest BCUT2D eigenvalue weighted by Crippen LogP contribution is 2.21. The molecule has 1 saturated heterocycles. The van der Waals surface area contributed by atoms with Crippen molar-refractivity contribution in [3.05, 3.63) is 30.3 Å². The van der Waals surface area contributed by atoms with E-state index in [1.54, 1.807) is 51.1 Å². The second-order valence-corrected chi connectivity index (χ2v) is 9.37. The highest BCUT2D eigenvalue weighted by atomic mass is 16.6. The molecule has 13 nitrogen and oxygen atoms in total. The van der Waals surface area contributed by atoms with Crippen LogP contribution in [0.3, 0.4) is 0 Å². The Bertz CT molecular complexity index is 892. The van der Waals surface area contributed by atoms with E-state index in [9.17, 15) is 39.9 Å². The Labute approximate surface area is 208 Å². The van der Waals surface area contributed by atoms with Crippen molar-refractivity contribution in [3.8, 4) is 0 Å². The number of nitrogens with zero attached hydrogens (tertiary/aromatic N) is 1. The number of aliphatic hydroxyl groups excluding tert-OH is 5. The van der Waals surface area contributed by atoms with Gasteiger partial charge < -0.3 is 45.6 Å².